The average Bonchev–Trinajstić information content (AvgIpc) is 2.41. The number of benzene rings is 1. The Balaban J connectivity index is 2.06. The predicted molar refractivity (Wildman–Crippen MR) is 84.2 cm³/mol. The molecule has 5 heteroatoms. The Kier molecular flexibility index (Phi) is 5.94. The van der Waals surface area contributed by atoms with Crippen LogP contribution in [0.1, 0.15) is 31.2 Å². The quantitative estimate of drug-likeness (QED) is 0.794. The zero-order valence-electron chi connectivity index (χ0n) is 11.8. The predicted octanol–water partition coefficient (Wildman–Crippen LogP) is 3.36. The summed E-state index contributed by atoms with van der Waals surface area (Å²) in [6.07, 6.45) is 6.65. The molecule has 1 aromatic rings. The van der Waals surface area contributed by atoms with Crippen LogP contribution in [0.2, 0.25) is 0 Å². The highest BCUT2D eigenvalue weighted by Gasteiger charge is 2.27. The average molecular weight is 356 g/mol. The third kappa shape index (κ3) is 4.38. The zero-order valence-corrected chi connectivity index (χ0v) is 13.4. The van der Waals surface area contributed by atoms with Crippen molar-refractivity contribution in [3.63, 3.8) is 0 Å². The fourth-order valence-electron chi connectivity index (χ4n) is 2.31. The summed E-state index contributed by atoms with van der Waals surface area (Å²) in [5.74, 6) is -0.472. The van der Waals surface area contributed by atoms with Crippen molar-refractivity contribution in [3.05, 3.63) is 40.1 Å². The molecule has 114 valence electrons. The number of hydrogen-bond donors (Lipinski definition) is 1. The van der Waals surface area contributed by atoms with Crippen LogP contribution in [0.4, 0.5) is 4.39 Å². The standard InChI is InChI=1S/C16H19BrFNO2/c17-13-6-7-15(18)12(11-13)5-8-16(21)19(9-2-10-20)14-3-1-4-14/h5-8,11,14,20H,1-4,9-10H2/b8-5+. The minimum absolute atomic E-state index is 0.0699. The van der Waals surface area contributed by atoms with Crippen molar-refractivity contribution in [1.29, 1.82) is 0 Å². The number of nitrogens with zero attached hydrogens (tertiary/aromatic N) is 1. The molecule has 0 heterocycles. The lowest BCUT2D eigenvalue weighted by molar-refractivity contribution is -0.130. The van der Waals surface area contributed by atoms with Gasteiger partial charge < -0.3 is 10.0 Å². The van der Waals surface area contributed by atoms with Crippen LogP contribution in [0.25, 0.3) is 6.08 Å². The number of carbonyl (C=O) groups is 1. The molecular formula is C16H19BrFNO2. The number of rotatable bonds is 6. The second kappa shape index (κ2) is 7.71. The third-order valence-corrected chi connectivity index (χ3v) is 4.21. The van der Waals surface area contributed by atoms with Gasteiger partial charge in [-0.15, -0.1) is 0 Å². The number of halogens is 2. The molecule has 1 amide bonds. The number of amides is 1. The molecule has 0 aliphatic heterocycles. The zero-order chi connectivity index (χ0) is 15.2. The fraction of sp³-hybridized carbons (Fsp3) is 0.438. The van der Waals surface area contributed by atoms with E-state index < -0.39 is 0 Å². The number of hydrogen-bond acceptors (Lipinski definition) is 2. The SMILES string of the molecule is O=C(/C=C/c1cc(Br)ccc1F)N(CCCO)C1CCC1. The Hall–Kier alpha value is -1.20. The lowest BCUT2D eigenvalue weighted by Crippen LogP contribution is -2.44. The highest BCUT2D eigenvalue weighted by molar-refractivity contribution is 9.10. The van der Waals surface area contributed by atoms with Gasteiger partial charge in [-0.3, -0.25) is 4.79 Å². The minimum Gasteiger partial charge on any atom is -0.396 e. The molecule has 0 aromatic heterocycles. The van der Waals surface area contributed by atoms with Gasteiger partial charge in [-0.1, -0.05) is 15.9 Å². The van der Waals surface area contributed by atoms with Crippen molar-refractivity contribution < 1.29 is 14.3 Å². The first-order valence-corrected chi connectivity index (χ1v) is 7.95. The fourth-order valence-corrected chi connectivity index (χ4v) is 2.69. The third-order valence-electron chi connectivity index (χ3n) is 3.72. The van der Waals surface area contributed by atoms with Crippen molar-refractivity contribution in [2.24, 2.45) is 0 Å². The van der Waals surface area contributed by atoms with Crippen molar-refractivity contribution >= 4 is 27.9 Å². The van der Waals surface area contributed by atoms with Crippen LogP contribution in [-0.4, -0.2) is 35.1 Å². The van der Waals surface area contributed by atoms with Gasteiger partial charge in [0.05, 0.1) is 0 Å². The topological polar surface area (TPSA) is 40.5 Å². The smallest absolute Gasteiger partial charge is 0.246 e. The molecule has 1 aliphatic rings. The van der Waals surface area contributed by atoms with E-state index in [0.29, 0.717) is 18.5 Å². The van der Waals surface area contributed by atoms with Crippen molar-refractivity contribution in [1.82, 2.24) is 4.90 Å². The Labute approximate surface area is 132 Å². The molecule has 1 aliphatic carbocycles. The summed E-state index contributed by atoms with van der Waals surface area (Å²) in [7, 11) is 0. The van der Waals surface area contributed by atoms with Crippen LogP contribution in [0.3, 0.4) is 0 Å². The molecule has 0 spiro atoms. The molecule has 1 aromatic carbocycles. The first kappa shape index (κ1) is 16.2. The maximum absolute atomic E-state index is 13.6. The molecule has 21 heavy (non-hydrogen) atoms. The molecular weight excluding hydrogens is 337 g/mol. The first-order valence-electron chi connectivity index (χ1n) is 7.16. The van der Waals surface area contributed by atoms with Crippen LogP contribution in [0.5, 0.6) is 0 Å². The minimum atomic E-state index is -0.354. The molecule has 0 radical (unpaired) electrons. The molecule has 0 atom stereocenters. The van der Waals surface area contributed by atoms with Crippen LogP contribution in [0, 0.1) is 5.82 Å². The lowest BCUT2D eigenvalue weighted by atomic mass is 9.91. The van der Waals surface area contributed by atoms with Crippen molar-refractivity contribution in [2.45, 2.75) is 31.7 Å². The molecule has 1 N–H and O–H groups in total. The Morgan fingerprint density at radius 1 is 1.48 bits per heavy atom. The molecule has 0 bridgehead atoms. The second-order valence-electron chi connectivity index (χ2n) is 5.19. The summed E-state index contributed by atoms with van der Waals surface area (Å²) in [4.78, 5) is 14.1. The van der Waals surface area contributed by atoms with Gasteiger partial charge in [0.15, 0.2) is 0 Å². The summed E-state index contributed by atoms with van der Waals surface area (Å²) in [5, 5.41) is 8.93. The van der Waals surface area contributed by atoms with Crippen LogP contribution < -0.4 is 0 Å². The number of aliphatic hydroxyl groups excluding tert-OH is 1. The molecule has 0 saturated heterocycles. The van der Waals surface area contributed by atoms with Crippen molar-refractivity contribution in [3.8, 4) is 0 Å². The van der Waals surface area contributed by atoms with E-state index in [1.165, 1.54) is 18.2 Å². The molecule has 0 unspecified atom stereocenters. The Bertz CT molecular complexity index is 529. The van der Waals surface area contributed by atoms with Gasteiger partial charge in [-0.05, 0) is 50.0 Å². The van der Waals surface area contributed by atoms with Gasteiger partial charge >= 0.3 is 0 Å². The van der Waals surface area contributed by atoms with Crippen LogP contribution in [-0.2, 0) is 4.79 Å². The van der Waals surface area contributed by atoms with E-state index in [4.69, 9.17) is 5.11 Å². The maximum atomic E-state index is 13.6. The number of aliphatic hydroxyl groups is 1. The summed E-state index contributed by atoms with van der Waals surface area (Å²) < 4.78 is 14.4. The number of carbonyl (C=O) groups excluding carboxylic acids is 1. The molecule has 2 rings (SSSR count). The van der Waals surface area contributed by atoms with Gasteiger partial charge in [-0.25, -0.2) is 4.39 Å². The van der Waals surface area contributed by atoms with Crippen LogP contribution in [0.15, 0.2) is 28.7 Å². The van der Waals surface area contributed by atoms with E-state index >= 15 is 0 Å². The maximum Gasteiger partial charge on any atom is 0.246 e. The summed E-state index contributed by atoms with van der Waals surface area (Å²) in [6.45, 7) is 0.617. The van der Waals surface area contributed by atoms with E-state index in [9.17, 15) is 9.18 Å². The van der Waals surface area contributed by atoms with Gasteiger partial charge in [0, 0.05) is 35.3 Å². The van der Waals surface area contributed by atoms with E-state index in [0.717, 1.165) is 23.7 Å². The van der Waals surface area contributed by atoms with Crippen LogP contribution >= 0.6 is 15.9 Å². The molecule has 3 nitrogen and oxygen atoms in total. The Morgan fingerprint density at radius 2 is 2.24 bits per heavy atom. The van der Waals surface area contributed by atoms with E-state index in [2.05, 4.69) is 15.9 Å². The van der Waals surface area contributed by atoms with E-state index in [-0.39, 0.29) is 24.4 Å². The van der Waals surface area contributed by atoms with Crippen molar-refractivity contribution in [2.75, 3.05) is 13.2 Å². The van der Waals surface area contributed by atoms with Gasteiger partial charge in [-0.2, -0.15) is 0 Å². The highest BCUT2D eigenvalue weighted by Crippen LogP contribution is 2.25. The lowest BCUT2D eigenvalue weighted by Gasteiger charge is -2.37. The summed E-state index contributed by atoms with van der Waals surface area (Å²) in [5.41, 5.74) is 0.383. The monoisotopic (exact) mass is 355 g/mol. The van der Waals surface area contributed by atoms with E-state index in [1.807, 2.05) is 0 Å². The van der Waals surface area contributed by atoms with E-state index in [1.54, 1.807) is 17.0 Å². The largest absolute Gasteiger partial charge is 0.396 e. The Morgan fingerprint density at radius 3 is 2.86 bits per heavy atom. The van der Waals surface area contributed by atoms with Gasteiger partial charge in [0.2, 0.25) is 5.91 Å². The highest BCUT2D eigenvalue weighted by atomic mass is 79.9. The first-order chi connectivity index (χ1) is 10.1. The normalized spacial score (nSPS) is 15.2. The second-order valence-corrected chi connectivity index (χ2v) is 6.11. The van der Waals surface area contributed by atoms with Gasteiger partial charge in [0.25, 0.3) is 0 Å². The summed E-state index contributed by atoms with van der Waals surface area (Å²) >= 11 is 3.29. The summed E-state index contributed by atoms with van der Waals surface area (Å²) in [6, 6.07) is 4.89. The molecule has 1 fully saturated rings. The molecule has 1 saturated carbocycles. The van der Waals surface area contributed by atoms with Gasteiger partial charge in [0.1, 0.15) is 5.82 Å².